The largest absolute Gasteiger partial charge is 0.393 e. The van der Waals surface area contributed by atoms with Gasteiger partial charge in [0.2, 0.25) is 0 Å². The van der Waals surface area contributed by atoms with Gasteiger partial charge in [-0.1, -0.05) is 301 Å². The van der Waals surface area contributed by atoms with Crippen molar-refractivity contribution in [3.63, 3.8) is 0 Å². The zero-order valence-corrected chi connectivity index (χ0v) is 73.6. The summed E-state index contributed by atoms with van der Waals surface area (Å²) < 4.78 is 116. The third-order valence-electron chi connectivity index (χ3n) is 29.2. The van der Waals surface area contributed by atoms with Gasteiger partial charge in [0.1, 0.15) is 61.0 Å². The SMILES string of the molecule is C[C@H]([C@@H]1CC[C@@H](C)[C@H](O[C@@H]2O[C@@H](C)[C@H](OCc3ccccc3)[C@@H](OCc3ccccc3)[C@H]2OCc2ccccc2)O1)[C@H]1CC[C@H]2[C@@H]3CC(O)[C@H]4C[C@@H](O[C@@H]5O[C@H](COCc6ccccc6)[C@@H](OCc6ccccc6)[C@H](OCc6ccccc6)[C@H]5O[C@@H]5O[C@@H](C)[C@H](OCc6ccccc6)[C@@H](OCc6ccccc6)[C@H]5OCc5ccccc5)CC[C@]4(C)[C@H]3CC[C@]12C. The molecule has 4 heterocycles. The molecule has 125 heavy (non-hydrogen) atoms. The van der Waals surface area contributed by atoms with Crippen molar-refractivity contribution in [1.29, 1.82) is 0 Å². The van der Waals surface area contributed by atoms with Gasteiger partial charge in [0.25, 0.3) is 0 Å². The first kappa shape index (κ1) is 89.3. The van der Waals surface area contributed by atoms with Crippen molar-refractivity contribution >= 4 is 0 Å². The Hall–Kier alpha value is -7.70. The molecule has 664 valence electrons. The van der Waals surface area contributed by atoms with Crippen LogP contribution in [0.2, 0.25) is 0 Å². The summed E-state index contributed by atoms with van der Waals surface area (Å²) in [5.74, 6) is 1.97. The number of aliphatic hydroxyl groups excluding tert-OH is 1. The smallest absolute Gasteiger partial charge is 0.189 e. The molecule has 4 aliphatic heterocycles. The van der Waals surface area contributed by atoms with Crippen LogP contribution in [0.5, 0.6) is 0 Å². The number of rotatable bonds is 36. The lowest BCUT2D eigenvalue weighted by molar-refractivity contribution is -0.386. The lowest BCUT2D eigenvalue weighted by Crippen LogP contribution is -2.66. The van der Waals surface area contributed by atoms with Crippen molar-refractivity contribution in [3.8, 4) is 0 Å². The maximum Gasteiger partial charge on any atom is 0.189 e. The van der Waals surface area contributed by atoms with Crippen LogP contribution in [-0.4, -0.2) is 128 Å². The van der Waals surface area contributed by atoms with E-state index in [1.807, 2.05) is 171 Å². The Morgan fingerprint density at radius 1 is 0.320 bits per heavy atom. The highest BCUT2D eigenvalue weighted by atomic mass is 16.8. The fraction of sp³-hybridized carbons (Fsp3) is 0.500. The Morgan fingerprint density at radius 2 is 0.672 bits per heavy atom. The summed E-state index contributed by atoms with van der Waals surface area (Å²) in [6.07, 6.45) is -3.21. The predicted octanol–water partition coefficient (Wildman–Crippen LogP) is 20.3. The van der Waals surface area contributed by atoms with E-state index in [1.165, 1.54) is 0 Å². The van der Waals surface area contributed by atoms with Crippen molar-refractivity contribution in [2.45, 2.75) is 282 Å². The second kappa shape index (κ2) is 42.7. The van der Waals surface area contributed by atoms with Gasteiger partial charge in [-0.2, -0.15) is 0 Å². The van der Waals surface area contributed by atoms with Gasteiger partial charge in [-0.25, -0.2) is 0 Å². The second-order valence-electron chi connectivity index (χ2n) is 37.3. The van der Waals surface area contributed by atoms with Crippen molar-refractivity contribution in [1.82, 2.24) is 0 Å². The highest BCUT2D eigenvalue weighted by Gasteiger charge is 2.64. The quantitative estimate of drug-likeness (QED) is 0.0368. The van der Waals surface area contributed by atoms with Crippen LogP contribution in [0.4, 0.5) is 0 Å². The molecular formula is C108H130O17. The summed E-state index contributed by atoms with van der Waals surface area (Å²) in [6.45, 7) is 16.8. The predicted molar refractivity (Wildman–Crippen MR) is 477 cm³/mol. The monoisotopic (exact) mass is 1700 g/mol. The van der Waals surface area contributed by atoms with E-state index in [-0.39, 0.29) is 73.8 Å². The van der Waals surface area contributed by atoms with Crippen LogP contribution in [-0.2, 0) is 135 Å². The minimum atomic E-state index is -1.09. The van der Waals surface area contributed by atoms with Gasteiger partial charge in [-0.05, 0) is 174 Å². The molecule has 17 nitrogen and oxygen atoms in total. The molecule has 4 saturated carbocycles. The highest BCUT2D eigenvalue weighted by Crippen LogP contribution is 2.69. The number of benzene rings is 9. The zero-order chi connectivity index (χ0) is 85.5. The average Bonchev–Trinajstić information content (AvgIpc) is 1.66. The normalized spacial score (nSPS) is 34.2. The van der Waals surface area contributed by atoms with E-state index in [4.69, 9.17) is 75.8 Å². The van der Waals surface area contributed by atoms with Crippen LogP contribution in [0, 0.1) is 52.3 Å². The van der Waals surface area contributed by atoms with Crippen LogP contribution < -0.4 is 0 Å². The third kappa shape index (κ3) is 21.8. The van der Waals surface area contributed by atoms with Crippen LogP contribution in [0.3, 0.4) is 0 Å². The molecule has 9 aromatic rings. The molecule has 0 spiro atoms. The summed E-state index contributed by atoms with van der Waals surface area (Å²) in [4.78, 5) is 0. The van der Waals surface area contributed by atoms with Gasteiger partial charge < -0.3 is 80.9 Å². The Labute approximate surface area is 740 Å². The van der Waals surface area contributed by atoms with Gasteiger partial charge >= 0.3 is 0 Å². The molecule has 17 heteroatoms. The first-order valence-corrected chi connectivity index (χ1v) is 46.4. The summed E-state index contributed by atoms with van der Waals surface area (Å²) in [7, 11) is 0. The molecule has 28 atom stereocenters. The summed E-state index contributed by atoms with van der Waals surface area (Å²) >= 11 is 0. The number of hydrogen-bond donors (Lipinski definition) is 1. The number of ether oxygens (including phenoxy) is 16. The van der Waals surface area contributed by atoms with Gasteiger partial charge in [-0.3, -0.25) is 0 Å². The molecule has 4 saturated heterocycles. The maximum absolute atomic E-state index is 13.3. The van der Waals surface area contributed by atoms with Crippen LogP contribution in [0.1, 0.15) is 156 Å². The number of fused-ring (bicyclic) bond motifs is 5. The molecule has 0 bridgehead atoms. The van der Waals surface area contributed by atoms with Crippen LogP contribution in [0.25, 0.3) is 0 Å². The minimum Gasteiger partial charge on any atom is -0.393 e. The molecule has 9 aromatic carbocycles. The second-order valence-corrected chi connectivity index (χ2v) is 37.3. The summed E-state index contributed by atoms with van der Waals surface area (Å²) in [5, 5.41) is 13.3. The lowest BCUT2D eigenvalue weighted by atomic mass is 9.43. The lowest BCUT2D eigenvalue weighted by Gasteiger charge is -2.62. The molecule has 1 unspecified atom stereocenters. The zero-order valence-electron chi connectivity index (χ0n) is 73.6. The summed E-state index contributed by atoms with van der Waals surface area (Å²) in [5.41, 5.74) is 9.05. The Bertz CT molecular complexity index is 4650. The Morgan fingerprint density at radius 3 is 1.10 bits per heavy atom. The van der Waals surface area contributed by atoms with Gasteiger partial charge in [0, 0.05) is 5.92 Å². The van der Waals surface area contributed by atoms with E-state index in [9.17, 15) is 5.11 Å². The van der Waals surface area contributed by atoms with Crippen LogP contribution in [0.15, 0.2) is 273 Å². The highest BCUT2D eigenvalue weighted by molar-refractivity contribution is 5.22. The fourth-order valence-electron chi connectivity index (χ4n) is 22.5. The number of hydrogen-bond acceptors (Lipinski definition) is 17. The Balaban J connectivity index is 0.631. The molecule has 8 aliphatic rings. The van der Waals surface area contributed by atoms with Crippen molar-refractivity contribution in [2.24, 2.45) is 52.3 Å². The van der Waals surface area contributed by atoms with E-state index in [1.54, 1.807) is 0 Å². The van der Waals surface area contributed by atoms with Crippen molar-refractivity contribution < 1.29 is 80.9 Å². The minimum absolute atomic E-state index is 0.0322. The topological polar surface area (TPSA) is 168 Å². The first-order chi connectivity index (χ1) is 61.2. The van der Waals surface area contributed by atoms with E-state index in [0.29, 0.717) is 63.1 Å². The van der Waals surface area contributed by atoms with E-state index in [0.717, 1.165) is 108 Å². The average molecular weight is 1700 g/mol. The molecule has 0 amide bonds. The van der Waals surface area contributed by atoms with Gasteiger partial charge in [-0.15, -0.1) is 0 Å². The maximum atomic E-state index is 13.3. The van der Waals surface area contributed by atoms with Gasteiger partial charge in [0.05, 0.1) is 96.6 Å². The molecular weight excluding hydrogens is 1570 g/mol. The third-order valence-corrected chi connectivity index (χ3v) is 29.2. The van der Waals surface area contributed by atoms with E-state index >= 15 is 0 Å². The van der Waals surface area contributed by atoms with Crippen molar-refractivity contribution in [2.75, 3.05) is 6.61 Å². The van der Waals surface area contributed by atoms with E-state index < -0.39 is 105 Å². The molecule has 17 rings (SSSR count). The van der Waals surface area contributed by atoms with E-state index in [2.05, 4.69) is 144 Å². The fourth-order valence-corrected chi connectivity index (χ4v) is 22.5. The summed E-state index contributed by atoms with van der Waals surface area (Å²) in [6, 6.07) is 92.1. The molecule has 8 fully saturated rings. The molecule has 4 aliphatic carbocycles. The Kier molecular flexibility index (Phi) is 30.5. The van der Waals surface area contributed by atoms with Crippen molar-refractivity contribution in [3.05, 3.63) is 323 Å². The standard InChI is InChI=1S/C108H130O17/c1-72-52-55-92(122-103(72)125-105-101(118-70-84-50-32-15-33-51-84)98(115-67-81-44-26-12-27-45-81)95(75(4)120-105)112-64-78-38-20-9-21-39-78)73(2)87-53-54-88-86-61-91(109)90-60-85(56-58-108(90,6)89(86)57-59-107(87,88)5)121-106-102(99(116-68-82-46-28-13-29-47-82)96(113-65-79-40-22-10-23-41-79)93(123-106)71-110-62-76-34-16-7-17-35-76)124-104-100(117-69-83-48-30-14-31-49-83)97(114-66-80-42-24-11-25-43-80)94(74(3)119-104)111-63-77-36-18-8-19-37-77/h7-51,72-75,85-106,109H,52-71H2,1-6H3/t72-,73+,74+,75+,85+,86+,87-,88+,89+,90-,91?,92+,93-,94+,95+,96-,97-,98-,99+,100-,101-,102-,103+,104+,105+,106-,107-,108-/m1/s1. The molecule has 0 aromatic heterocycles. The first-order valence-electron chi connectivity index (χ1n) is 46.4. The molecule has 0 radical (unpaired) electrons. The van der Waals surface area contributed by atoms with Crippen LogP contribution >= 0.6 is 0 Å². The molecule has 1 N–H and O–H groups in total. The number of aliphatic hydroxyl groups is 1. The van der Waals surface area contributed by atoms with Gasteiger partial charge in [0.15, 0.2) is 25.2 Å².